The molecule has 2 aromatic carbocycles. The van der Waals surface area contributed by atoms with Crippen molar-refractivity contribution in [1.82, 2.24) is 0 Å². The van der Waals surface area contributed by atoms with Gasteiger partial charge in [0.25, 0.3) is 5.91 Å². The molecule has 0 fully saturated rings. The zero-order chi connectivity index (χ0) is 17.0. The average molecular weight is 390 g/mol. The van der Waals surface area contributed by atoms with E-state index in [1.165, 1.54) is 30.3 Å². The summed E-state index contributed by atoms with van der Waals surface area (Å²) in [7, 11) is 0. The summed E-state index contributed by atoms with van der Waals surface area (Å²) >= 11 is 23.7. The van der Waals surface area contributed by atoms with E-state index in [-0.39, 0.29) is 33.1 Å². The summed E-state index contributed by atoms with van der Waals surface area (Å²) in [6.45, 7) is -0.305. The van der Waals surface area contributed by atoms with Crippen molar-refractivity contribution in [2.24, 2.45) is 0 Å². The van der Waals surface area contributed by atoms with Gasteiger partial charge in [0.2, 0.25) is 0 Å². The number of nitrogens with zero attached hydrogens (tertiary/aromatic N) is 1. The maximum Gasteiger partial charge on any atom is 0.262 e. The molecule has 0 aliphatic carbocycles. The van der Waals surface area contributed by atoms with Crippen LogP contribution in [0.15, 0.2) is 30.3 Å². The highest BCUT2D eigenvalue weighted by Gasteiger charge is 2.12. The van der Waals surface area contributed by atoms with Crippen LogP contribution in [0, 0.1) is 11.3 Å². The van der Waals surface area contributed by atoms with E-state index in [0.29, 0.717) is 10.6 Å². The molecule has 2 rings (SSSR count). The molecule has 23 heavy (non-hydrogen) atoms. The second-order valence-electron chi connectivity index (χ2n) is 4.34. The Morgan fingerprint density at radius 1 is 1.09 bits per heavy atom. The van der Waals surface area contributed by atoms with Gasteiger partial charge in [-0.25, -0.2) is 0 Å². The van der Waals surface area contributed by atoms with Crippen molar-refractivity contribution >= 4 is 58.0 Å². The van der Waals surface area contributed by atoms with Crippen molar-refractivity contribution in [2.75, 3.05) is 11.9 Å². The lowest BCUT2D eigenvalue weighted by Crippen LogP contribution is -2.20. The molecule has 2 aromatic rings. The van der Waals surface area contributed by atoms with Crippen LogP contribution in [0.2, 0.25) is 20.1 Å². The van der Waals surface area contributed by atoms with Crippen LogP contribution in [0.5, 0.6) is 5.75 Å². The Labute approximate surface area is 152 Å². The average Bonchev–Trinajstić information content (AvgIpc) is 2.49. The molecule has 4 nitrogen and oxygen atoms in total. The van der Waals surface area contributed by atoms with E-state index >= 15 is 0 Å². The minimum atomic E-state index is -0.475. The maximum absolute atomic E-state index is 11.9. The predicted octanol–water partition coefficient (Wildman–Crippen LogP) is 5.19. The molecule has 0 saturated carbocycles. The molecule has 0 aromatic heterocycles. The summed E-state index contributed by atoms with van der Waals surface area (Å²) < 4.78 is 5.31. The van der Waals surface area contributed by atoms with Crippen molar-refractivity contribution in [3.63, 3.8) is 0 Å². The third-order valence-corrected chi connectivity index (χ3v) is 3.80. The van der Waals surface area contributed by atoms with Gasteiger partial charge in [0.1, 0.15) is 5.75 Å². The summed E-state index contributed by atoms with van der Waals surface area (Å²) in [6.07, 6.45) is 0. The number of benzene rings is 2. The highest BCUT2D eigenvalue weighted by Crippen LogP contribution is 2.33. The van der Waals surface area contributed by atoms with Crippen LogP contribution in [0.1, 0.15) is 5.56 Å². The van der Waals surface area contributed by atoms with E-state index < -0.39 is 5.91 Å². The Balaban J connectivity index is 2.03. The van der Waals surface area contributed by atoms with Gasteiger partial charge in [-0.15, -0.1) is 0 Å². The van der Waals surface area contributed by atoms with Gasteiger partial charge in [-0.3, -0.25) is 4.79 Å². The molecule has 0 atom stereocenters. The first-order chi connectivity index (χ1) is 10.9. The van der Waals surface area contributed by atoms with Gasteiger partial charge in [0, 0.05) is 5.02 Å². The van der Waals surface area contributed by atoms with Gasteiger partial charge in [0.15, 0.2) is 6.61 Å². The first kappa shape index (κ1) is 17.7. The van der Waals surface area contributed by atoms with Gasteiger partial charge in [-0.1, -0.05) is 46.4 Å². The minimum Gasteiger partial charge on any atom is -0.482 e. The number of anilines is 1. The Morgan fingerprint density at radius 2 is 1.74 bits per heavy atom. The Hall–Kier alpha value is -1.64. The van der Waals surface area contributed by atoms with Gasteiger partial charge in [0.05, 0.1) is 32.4 Å². The van der Waals surface area contributed by atoms with Gasteiger partial charge in [-0.2, -0.15) is 5.26 Å². The van der Waals surface area contributed by atoms with Crippen LogP contribution >= 0.6 is 46.4 Å². The van der Waals surface area contributed by atoms with Gasteiger partial charge >= 0.3 is 0 Å². The molecular formula is C15H8Cl4N2O2. The lowest BCUT2D eigenvalue weighted by Gasteiger charge is -2.11. The number of halogens is 4. The van der Waals surface area contributed by atoms with Gasteiger partial charge in [-0.05, 0) is 30.3 Å². The Kier molecular flexibility index (Phi) is 5.97. The lowest BCUT2D eigenvalue weighted by atomic mass is 10.2. The smallest absolute Gasteiger partial charge is 0.262 e. The molecule has 0 aliphatic rings. The number of carbonyl (C=O) groups excluding carboxylic acids is 1. The standard InChI is InChI=1S/C15H8Cl4N2O2/c16-9-4-11(18)15(12(19)5-9)21-14(22)7-23-13-2-1-8(6-20)3-10(13)17/h1-5H,7H2,(H,21,22). The molecule has 0 radical (unpaired) electrons. The molecule has 1 N–H and O–H groups in total. The third-order valence-electron chi connectivity index (χ3n) is 2.69. The predicted molar refractivity (Wildman–Crippen MR) is 91.8 cm³/mol. The number of hydrogen-bond donors (Lipinski definition) is 1. The van der Waals surface area contributed by atoms with E-state index in [2.05, 4.69) is 5.32 Å². The number of amides is 1. The second-order valence-corrected chi connectivity index (χ2v) is 6.00. The van der Waals surface area contributed by atoms with Crippen LogP contribution in [-0.2, 0) is 4.79 Å². The molecule has 8 heteroatoms. The van der Waals surface area contributed by atoms with Crippen molar-refractivity contribution in [3.05, 3.63) is 56.0 Å². The number of rotatable bonds is 4. The number of hydrogen-bond acceptors (Lipinski definition) is 3. The molecule has 0 heterocycles. The summed E-state index contributed by atoms with van der Waals surface area (Å²) in [5.74, 6) is -0.189. The number of ether oxygens (including phenoxy) is 1. The number of nitrogens with one attached hydrogen (secondary N) is 1. The van der Waals surface area contributed by atoms with Crippen molar-refractivity contribution in [2.45, 2.75) is 0 Å². The Bertz CT molecular complexity index is 780. The van der Waals surface area contributed by atoms with E-state index in [1.807, 2.05) is 6.07 Å². The van der Waals surface area contributed by atoms with E-state index in [0.717, 1.165) is 0 Å². The fourth-order valence-corrected chi connectivity index (χ4v) is 2.81. The van der Waals surface area contributed by atoms with Crippen molar-refractivity contribution < 1.29 is 9.53 Å². The first-order valence-corrected chi connectivity index (χ1v) is 7.68. The Morgan fingerprint density at radius 3 is 2.30 bits per heavy atom. The van der Waals surface area contributed by atoms with Crippen LogP contribution in [0.3, 0.4) is 0 Å². The van der Waals surface area contributed by atoms with E-state index in [9.17, 15) is 4.79 Å². The van der Waals surface area contributed by atoms with Crippen molar-refractivity contribution in [3.8, 4) is 11.8 Å². The SMILES string of the molecule is N#Cc1ccc(OCC(=O)Nc2c(Cl)cc(Cl)cc2Cl)c(Cl)c1. The van der Waals surface area contributed by atoms with Crippen LogP contribution < -0.4 is 10.1 Å². The summed E-state index contributed by atoms with van der Waals surface area (Å²) in [4.78, 5) is 11.9. The summed E-state index contributed by atoms with van der Waals surface area (Å²) in [5.41, 5.74) is 0.642. The molecule has 0 bridgehead atoms. The van der Waals surface area contributed by atoms with Crippen LogP contribution in [-0.4, -0.2) is 12.5 Å². The fourth-order valence-electron chi connectivity index (χ4n) is 1.67. The lowest BCUT2D eigenvalue weighted by molar-refractivity contribution is -0.118. The molecule has 0 saturated heterocycles. The highest BCUT2D eigenvalue weighted by molar-refractivity contribution is 6.42. The number of carbonyl (C=O) groups is 1. The monoisotopic (exact) mass is 388 g/mol. The topological polar surface area (TPSA) is 62.1 Å². The highest BCUT2D eigenvalue weighted by atomic mass is 35.5. The first-order valence-electron chi connectivity index (χ1n) is 6.17. The maximum atomic E-state index is 11.9. The molecule has 0 aliphatic heterocycles. The third kappa shape index (κ3) is 4.66. The summed E-state index contributed by atoms with van der Waals surface area (Å²) in [6, 6.07) is 9.36. The zero-order valence-corrected chi connectivity index (χ0v) is 14.4. The van der Waals surface area contributed by atoms with Crippen LogP contribution in [0.25, 0.3) is 0 Å². The zero-order valence-electron chi connectivity index (χ0n) is 11.4. The molecule has 1 amide bonds. The normalized spacial score (nSPS) is 10.0. The quantitative estimate of drug-likeness (QED) is 0.782. The van der Waals surface area contributed by atoms with E-state index in [4.69, 9.17) is 56.4 Å². The minimum absolute atomic E-state index is 0.215. The van der Waals surface area contributed by atoms with E-state index in [1.54, 1.807) is 0 Å². The second kappa shape index (κ2) is 7.76. The number of nitriles is 1. The molecule has 0 spiro atoms. The fraction of sp³-hybridized carbons (Fsp3) is 0.0667. The van der Waals surface area contributed by atoms with Crippen LogP contribution in [0.4, 0.5) is 5.69 Å². The largest absolute Gasteiger partial charge is 0.482 e. The van der Waals surface area contributed by atoms with Gasteiger partial charge < -0.3 is 10.1 Å². The van der Waals surface area contributed by atoms with Crippen molar-refractivity contribution in [1.29, 1.82) is 5.26 Å². The molecular weight excluding hydrogens is 382 g/mol. The molecule has 118 valence electrons. The summed E-state index contributed by atoms with van der Waals surface area (Å²) in [5, 5.41) is 12.3. The molecule has 0 unspecified atom stereocenters.